The third kappa shape index (κ3) is 2.72. The van der Waals surface area contributed by atoms with E-state index in [0.29, 0.717) is 17.7 Å². The number of aromatic amines is 1. The number of halogens is 1. The topological polar surface area (TPSA) is 54.0 Å². The molecule has 2 aromatic heterocycles. The Morgan fingerprint density at radius 2 is 2.17 bits per heavy atom. The molecular formula is C17H17ClN4O. The van der Waals surface area contributed by atoms with Crippen molar-refractivity contribution in [3.63, 3.8) is 0 Å². The van der Waals surface area contributed by atoms with E-state index in [9.17, 15) is 0 Å². The molecule has 1 fully saturated rings. The third-order valence-corrected chi connectivity index (χ3v) is 4.56. The average Bonchev–Trinajstić information content (AvgIpc) is 3.22. The number of anilines is 1. The van der Waals surface area contributed by atoms with Crippen LogP contribution < -0.4 is 9.64 Å². The average molecular weight is 329 g/mol. The highest BCUT2D eigenvalue weighted by Gasteiger charge is 2.27. The number of nitrogens with zero attached hydrogens (tertiary/aromatic N) is 3. The molecule has 3 aromatic rings. The van der Waals surface area contributed by atoms with E-state index in [1.807, 2.05) is 36.5 Å². The van der Waals surface area contributed by atoms with Crippen molar-refractivity contribution in [1.29, 1.82) is 0 Å². The standard InChI is InChI=1S/C17H17ClN4O/c18-13-5-1-2-6-15(13)23-10-12-4-3-9-22(12)14-7-8-19-17-16(14)20-11-21-17/h1-2,5-8,11-12H,3-4,9-10H2,(H,19,20,21). The molecular weight excluding hydrogens is 312 g/mol. The first-order chi connectivity index (χ1) is 11.3. The van der Waals surface area contributed by atoms with Crippen LogP contribution in [0, 0.1) is 0 Å². The SMILES string of the molecule is Clc1ccccc1OCC1CCCN1c1ccnc2[nH]cnc12. The van der Waals surface area contributed by atoms with Gasteiger partial charge in [0, 0.05) is 12.7 Å². The van der Waals surface area contributed by atoms with Gasteiger partial charge in [-0.15, -0.1) is 0 Å². The van der Waals surface area contributed by atoms with Crippen LogP contribution in [0.3, 0.4) is 0 Å². The van der Waals surface area contributed by atoms with Crippen molar-refractivity contribution in [1.82, 2.24) is 15.0 Å². The van der Waals surface area contributed by atoms with Crippen LogP contribution in [-0.4, -0.2) is 34.1 Å². The van der Waals surface area contributed by atoms with E-state index in [4.69, 9.17) is 16.3 Å². The van der Waals surface area contributed by atoms with Crippen LogP contribution in [0.2, 0.25) is 5.02 Å². The van der Waals surface area contributed by atoms with Crippen molar-refractivity contribution >= 4 is 28.5 Å². The van der Waals surface area contributed by atoms with E-state index in [1.54, 1.807) is 6.33 Å². The molecule has 0 radical (unpaired) electrons. The summed E-state index contributed by atoms with van der Waals surface area (Å²) in [7, 11) is 0. The fourth-order valence-electron chi connectivity index (χ4n) is 3.14. The van der Waals surface area contributed by atoms with Gasteiger partial charge in [0.05, 0.1) is 23.1 Å². The molecule has 0 amide bonds. The summed E-state index contributed by atoms with van der Waals surface area (Å²) < 4.78 is 5.95. The Morgan fingerprint density at radius 3 is 3.09 bits per heavy atom. The Hall–Kier alpha value is -2.27. The van der Waals surface area contributed by atoms with Crippen molar-refractivity contribution in [2.75, 3.05) is 18.1 Å². The number of benzene rings is 1. The first-order valence-corrected chi connectivity index (χ1v) is 8.13. The molecule has 0 aliphatic carbocycles. The predicted molar refractivity (Wildman–Crippen MR) is 91.2 cm³/mol. The second kappa shape index (κ2) is 6.08. The molecule has 1 aliphatic heterocycles. The van der Waals surface area contributed by atoms with Crippen LogP contribution >= 0.6 is 11.6 Å². The molecule has 0 bridgehead atoms. The first kappa shape index (κ1) is 14.3. The number of nitrogens with one attached hydrogen (secondary N) is 1. The Morgan fingerprint density at radius 1 is 1.26 bits per heavy atom. The van der Waals surface area contributed by atoms with Gasteiger partial charge in [0.15, 0.2) is 5.65 Å². The number of hydrogen-bond donors (Lipinski definition) is 1. The Kier molecular flexibility index (Phi) is 3.79. The summed E-state index contributed by atoms with van der Waals surface area (Å²) in [4.78, 5) is 14.1. The maximum absolute atomic E-state index is 6.17. The summed E-state index contributed by atoms with van der Waals surface area (Å²) in [6.45, 7) is 1.61. The molecule has 118 valence electrons. The molecule has 5 nitrogen and oxygen atoms in total. The number of rotatable bonds is 4. The normalized spacial score (nSPS) is 17.8. The van der Waals surface area contributed by atoms with Gasteiger partial charge in [-0.1, -0.05) is 23.7 Å². The van der Waals surface area contributed by atoms with Crippen LogP contribution in [0.1, 0.15) is 12.8 Å². The van der Waals surface area contributed by atoms with Crippen LogP contribution in [0.25, 0.3) is 11.2 Å². The number of hydrogen-bond acceptors (Lipinski definition) is 4. The van der Waals surface area contributed by atoms with E-state index in [0.717, 1.165) is 42.0 Å². The molecule has 1 saturated heterocycles. The maximum atomic E-state index is 6.17. The Labute approximate surface area is 139 Å². The van der Waals surface area contributed by atoms with Crippen LogP contribution in [0.5, 0.6) is 5.75 Å². The molecule has 3 heterocycles. The van der Waals surface area contributed by atoms with E-state index in [1.165, 1.54) is 0 Å². The van der Waals surface area contributed by atoms with Crippen molar-refractivity contribution in [2.24, 2.45) is 0 Å². The molecule has 0 saturated carbocycles. The van der Waals surface area contributed by atoms with Crippen LogP contribution in [-0.2, 0) is 0 Å². The molecule has 1 aromatic carbocycles. The van der Waals surface area contributed by atoms with Gasteiger partial charge in [0.1, 0.15) is 17.9 Å². The van der Waals surface area contributed by atoms with E-state index < -0.39 is 0 Å². The summed E-state index contributed by atoms with van der Waals surface area (Å²) in [5.74, 6) is 0.737. The smallest absolute Gasteiger partial charge is 0.159 e. The zero-order valence-corrected chi connectivity index (χ0v) is 13.3. The lowest BCUT2D eigenvalue weighted by atomic mass is 10.2. The van der Waals surface area contributed by atoms with Gasteiger partial charge < -0.3 is 14.6 Å². The van der Waals surface area contributed by atoms with Gasteiger partial charge in [0.2, 0.25) is 0 Å². The quantitative estimate of drug-likeness (QED) is 0.794. The number of para-hydroxylation sites is 1. The lowest BCUT2D eigenvalue weighted by Crippen LogP contribution is -2.34. The van der Waals surface area contributed by atoms with Crippen molar-refractivity contribution < 1.29 is 4.74 Å². The van der Waals surface area contributed by atoms with Crippen molar-refractivity contribution in [3.05, 3.63) is 47.9 Å². The molecule has 6 heteroatoms. The van der Waals surface area contributed by atoms with Gasteiger partial charge >= 0.3 is 0 Å². The van der Waals surface area contributed by atoms with Gasteiger partial charge in [-0.25, -0.2) is 9.97 Å². The number of imidazole rings is 1. The molecule has 1 atom stereocenters. The van der Waals surface area contributed by atoms with Crippen molar-refractivity contribution in [2.45, 2.75) is 18.9 Å². The van der Waals surface area contributed by atoms with Gasteiger partial charge in [0.25, 0.3) is 0 Å². The first-order valence-electron chi connectivity index (χ1n) is 7.75. The number of fused-ring (bicyclic) bond motifs is 1. The number of aromatic nitrogens is 3. The highest BCUT2D eigenvalue weighted by atomic mass is 35.5. The fraction of sp³-hybridized carbons (Fsp3) is 0.294. The summed E-state index contributed by atoms with van der Waals surface area (Å²) >= 11 is 6.17. The summed E-state index contributed by atoms with van der Waals surface area (Å²) in [5.41, 5.74) is 2.85. The lowest BCUT2D eigenvalue weighted by molar-refractivity contribution is 0.289. The summed E-state index contributed by atoms with van der Waals surface area (Å²) in [6, 6.07) is 9.93. The Bertz CT molecular complexity index is 819. The molecule has 1 aliphatic rings. The highest BCUT2D eigenvalue weighted by molar-refractivity contribution is 6.32. The van der Waals surface area contributed by atoms with Crippen LogP contribution in [0.15, 0.2) is 42.9 Å². The summed E-state index contributed by atoms with van der Waals surface area (Å²) in [6.07, 6.45) is 5.75. The zero-order valence-electron chi connectivity index (χ0n) is 12.6. The fourth-order valence-corrected chi connectivity index (χ4v) is 3.33. The van der Waals surface area contributed by atoms with E-state index in [-0.39, 0.29) is 0 Å². The molecule has 23 heavy (non-hydrogen) atoms. The second-order valence-corrected chi connectivity index (χ2v) is 6.07. The maximum Gasteiger partial charge on any atom is 0.159 e. The van der Waals surface area contributed by atoms with E-state index in [2.05, 4.69) is 19.9 Å². The van der Waals surface area contributed by atoms with Crippen LogP contribution in [0.4, 0.5) is 5.69 Å². The number of H-pyrrole nitrogens is 1. The van der Waals surface area contributed by atoms with Gasteiger partial charge in [-0.3, -0.25) is 0 Å². The van der Waals surface area contributed by atoms with Crippen molar-refractivity contribution in [3.8, 4) is 5.75 Å². The minimum atomic E-state index is 0.313. The molecule has 1 unspecified atom stereocenters. The number of pyridine rings is 1. The summed E-state index contributed by atoms with van der Waals surface area (Å²) in [5, 5.41) is 0.649. The molecule has 1 N–H and O–H groups in total. The lowest BCUT2D eigenvalue weighted by Gasteiger charge is -2.27. The second-order valence-electron chi connectivity index (χ2n) is 5.66. The Balaban J connectivity index is 1.55. The predicted octanol–water partition coefficient (Wildman–Crippen LogP) is 3.66. The highest BCUT2D eigenvalue weighted by Crippen LogP contribution is 2.31. The number of ether oxygens (including phenoxy) is 1. The van der Waals surface area contributed by atoms with Gasteiger partial charge in [-0.2, -0.15) is 0 Å². The molecule has 4 rings (SSSR count). The zero-order chi connectivity index (χ0) is 15.6. The third-order valence-electron chi connectivity index (χ3n) is 4.25. The van der Waals surface area contributed by atoms with E-state index >= 15 is 0 Å². The minimum Gasteiger partial charge on any atom is -0.490 e. The molecule has 0 spiro atoms. The minimum absolute atomic E-state index is 0.313. The monoisotopic (exact) mass is 328 g/mol. The van der Waals surface area contributed by atoms with Gasteiger partial charge in [-0.05, 0) is 31.0 Å². The largest absolute Gasteiger partial charge is 0.490 e.